The van der Waals surface area contributed by atoms with Gasteiger partial charge in [0.05, 0.1) is 0 Å². The second kappa shape index (κ2) is 36.6. The molecule has 0 saturated carbocycles. The van der Waals surface area contributed by atoms with Gasteiger partial charge in [-0.05, 0) is 74.5 Å². The molecule has 0 radical (unpaired) electrons. The topological polar surface area (TPSA) is 37.3 Å². The Morgan fingerprint density at radius 2 is 1.06 bits per heavy atom. The zero-order chi connectivity index (χ0) is 35.5. The molecule has 48 heavy (non-hydrogen) atoms. The lowest BCUT2D eigenvalue weighted by atomic mass is 9.66. The second-order valence-electron chi connectivity index (χ2n) is 15.4. The van der Waals surface area contributed by atoms with E-state index in [0.717, 1.165) is 48.8 Å². The summed E-state index contributed by atoms with van der Waals surface area (Å²) in [5, 5.41) is 9.66. The van der Waals surface area contributed by atoms with Crippen LogP contribution in [-0.4, -0.2) is 22.8 Å². The predicted molar refractivity (Wildman–Crippen MR) is 217 cm³/mol. The quantitative estimate of drug-likeness (QED) is 0.0393. The SMILES string of the molecule is CCCCCCCC/C=C/C(CCC(=O)O)CC(C(CC)CCCCCCCCCCl)C(CCCCCCCCCCCCl)C(C)CC. The third kappa shape index (κ3) is 28.5. The second-order valence-corrected chi connectivity index (χ2v) is 16.2. The molecule has 0 spiro atoms. The number of hydrogen-bond acceptors (Lipinski definition) is 1. The van der Waals surface area contributed by atoms with Gasteiger partial charge in [-0.15, -0.1) is 23.2 Å². The van der Waals surface area contributed by atoms with Crippen LogP contribution in [0.25, 0.3) is 0 Å². The van der Waals surface area contributed by atoms with Crippen LogP contribution in [0, 0.1) is 29.6 Å². The fourth-order valence-electron chi connectivity index (χ4n) is 8.04. The average molecular weight is 716 g/mol. The number of aliphatic carboxylic acids is 1. The summed E-state index contributed by atoms with van der Waals surface area (Å²) in [4.78, 5) is 11.7. The molecule has 4 heteroatoms. The third-order valence-corrected chi connectivity index (χ3v) is 11.9. The normalized spacial score (nSPS) is 15.1. The number of alkyl halides is 2. The molecule has 286 valence electrons. The highest BCUT2D eigenvalue weighted by Gasteiger charge is 2.32. The predicted octanol–water partition coefficient (Wildman–Crippen LogP) is 16.0. The van der Waals surface area contributed by atoms with Gasteiger partial charge in [0, 0.05) is 18.2 Å². The molecule has 0 saturated heterocycles. The van der Waals surface area contributed by atoms with Gasteiger partial charge in [-0.25, -0.2) is 0 Å². The molecule has 0 fully saturated rings. The first-order chi connectivity index (χ1) is 23.4. The van der Waals surface area contributed by atoms with E-state index in [0.29, 0.717) is 18.3 Å². The third-order valence-electron chi connectivity index (χ3n) is 11.4. The van der Waals surface area contributed by atoms with Crippen LogP contribution in [0.15, 0.2) is 12.2 Å². The average Bonchev–Trinajstić information content (AvgIpc) is 3.08. The lowest BCUT2D eigenvalue weighted by molar-refractivity contribution is -0.137. The molecule has 1 N–H and O–H groups in total. The summed E-state index contributed by atoms with van der Waals surface area (Å²) in [6.45, 7) is 9.63. The Hall–Kier alpha value is -0.210. The molecule has 0 aromatic carbocycles. The molecule has 0 aliphatic carbocycles. The van der Waals surface area contributed by atoms with E-state index < -0.39 is 5.97 Å². The van der Waals surface area contributed by atoms with E-state index in [2.05, 4.69) is 39.8 Å². The zero-order valence-electron chi connectivity index (χ0n) is 32.8. The summed E-state index contributed by atoms with van der Waals surface area (Å²) in [6, 6.07) is 0. The van der Waals surface area contributed by atoms with Gasteiger partial charge >= 0.3 is 5.97 Å². The highest BCUT2D eigenvalue weighted by Crippen LogP contribution is 2.42. The number of carbonyl (C=O) groups is 1. The number of carboxylic acids is 1. The summed E-state index contributed by atoms with van der Waals surface area (Å²) in [5.41, 5.74) is 0. The molecule has 0 aliphatic heterocycles. The minimum absolute atomic E-state index is 0.291. The van der Waals surface area contributed by atoms with E-state index in [9.17, 15) is 9.90 Å². The fraction of sp³-hybridized carbons (Fsp3) is 0.932. The van der Waals surface area contributed by atoms with Gasteiger partial charge in [-0.3, -0.25) is 4.79 Å². The number of halogens is 2. The van der Waals surface area contributed by atoms with Gasteiger partial charge in [0.25, 0.3) is 0 Å². The summed E-state index contributed by atoms with van der Waals surface area (Å²) in [5.74, 6) is 4.24. The molecular weight excluding hydrogens is 631 g/mol. The lowest BCUT2D eigenvalue weighted by Crippen LogP contribution is -2.30. The number of unbranched alkanes of at least 4 members (excludes halogenated alkanes) is 20. The maximum Gasteiger partial charge on any atom is 0.303 e. The van der Waals surface area contributed by atoms with E-state index in [1.807, 2.05) is 0 Å². The van der Waals surface area contributed by atoms with Gasteiger partial charge in [0.1, 0.15) is 0 Å². The monoisotopic (exact) mass is 715 g/mol. The molecule has 5 atom stereocenters. The molecule has 5 unspecified atom stereocenters. The Labute approximate surface area is 311 Å². The zero-order valence-corrected chi connectivity index (χ0v) is 34.3. The summed E-state index contributed by atoms with van der Waals surface area (Å²) in [7, 11) is 0. The molecule has 0 aliphatic rings. The molecule has 0 aromatic rings. The van der Waals surface area contributed by atoms with Gasteiger partial charge in [-0.2, -0.15) is 0 Å². The highest BCUT2D eigenvalue weighted by molar-refractivity contribution is 6.18. The molecule has 0 amide bonds. The fourth-order valence-corrected chi connectivity index (χ4v) is 8.42. The van der Waals surface area contributed by atoms with Crippen molar-refractivity contribution in [3.63, 3.8) is 0 Å². The van der Waals surface area contributed by atoms with Crippen molar-refractivity contribution >= 4 is 29.2 Å². The van der Waals surface area contributed by atoms with Crippen LogP contribution in [0.1, 0.15) is 220 Å². The Balaban J connectivity index is 5.55. The number of rotatable bonds is 38. The van der Waals surface area contributed by atoms with Crippen molar-refractivity contribution in [3.05, 3.63) is 12.2 Å². The Kier molecular flexibility index (Phi) is 36.4. The van der Waals surface area contributed by atoms with Crippen LogP contribution in [0.3, 0.4) is 0 Å². The van der Waals surface area contributed by atoms with Crippen molar-refractivity contribution in [2.45, 2.75) is 220 Å². The van der Waals surface area contributed by atoms with Gasteiger partial charge < -0.3 is 5.11 Å². The Bertz CT molecular complexity index is 695. The first-order valence-electron chi connectivity index (χ1n) is 21.4. The first-order valence-corrected chi connectivity index (χ1v) is 22.5. The van der Waals surface area contributed by atoms with E-state index in [4.69, 9.17) is 23.2 Å². The maximum atomic E-state index is 11.7. The Morgan fingerprint density at radius 3 is 1.54 bits per heavy atom. The van der Waals surface area contributed by atoms with E-state index in [1.165, 1.54) is 167 Å². The lowest BCUT2D eigenvalue weighted by Gasteiger charge is -2.39. The maximum absolute atomic E-state index is 11.7. The minimum atomic E-state index is -0.642. The van der Waals surface area contributed by atoms with Gasteiger partial charge in [0.15, 0.2) is 0 Å². The van der Waals surface area contributed by atoms with Crippen molar-refractivity contribution in [2.75, 3.05) is 11.8 Å². The van der Waals surface area contributed by atoms with Crippen LogP contribution >= 0.6 is 23.2 Å². The largest absolute Gasteiger partial charge is 0.481 e. The van der Waals surface area contributed by atoms with E-state index in [1.54, 1.807) is 0 Å². The van der Waals surface area contributed by atoms with Crippen LogP contribution < -0.4 is 0 Å². The van der Waals surface area contributed by atoms with Crippen LogP contribution in [0.2, 0.25) is 0 Å². The molecule has 0 rings (SSSR count). The molecule has 0 heterocycles. The van der Waals surface area contributed by atoms with E-state index >= 15 is 0 Å². The molecule has 2 nitrogen and oxygen atoms in total. The van der Waals surface area contributed by atoms with Gasteiger partial charge in [-0.1, -0.05) is 181 Å². The van der Waals surface area contributed by atoms with Crippen molar-refractivity contribution in [3.8, 4) is 0 Å². The first kappa shape index (κ1) is 47.8. The molecular formula is C44H84Cl2O2. The summed E-state index contributed by atoms with van der Waals surface area (Å²) in [6.07, 6.45) is 42.6. The highest BCUT2D eigenvalue weighted by atomic mass is 35.5. The number of allylic oxidation sites excluding steroid dienone is 2. The van der Waals surface area contributed by atoms with Crippen LogP contribution in [0.5, 0.6) is 0 Å². The number of carboxylic acid groups (broad SMARTS) is 1. The van der Waals surface area contributed by atoms with Gasteiger partial charge in [0.2, 0.25) is 0 Å². The van der Waals surface area contributed by atoms with Crippen molar-refractivity contribution in [1.82, 2.24) is 0 Å². The van der Waals surface area contributed by atoms with Crippen molar-refractivity contribution in [1.29, 1.82) is 0 Å². The smallest absolute Gasteiger partial charge is 0.303 e. The van der Waals surface area contributed by atoms with Crippen molar-refractivity contribution < 1.29 is 9.90 Å². The Morgan fingerprint density at radius 1 is 0.583 bits per heavy atom. The summed E-state index contributed by atoms with van der Waals surface area (Å²) >= 11 is 11.7. The van der Waals surface area contributed by atoms with Crippen molar-refractivity contribution in [2.24, 2.45) is 29.6 Å². The standard InChI is InChI=1S/C44H84Cl2O2/c1-5-8-9-10-11-16-21-26-31-40(34-35-44(47)48)38-43(41(7-3)32-27-22-17-15-20-25-30-37-46)42(39(4)6-2)33-28-23-18-13-12-14-19-24-29-36-45/h26,31,39-43H,5-25,27-30,32-38H2,1-4H3,(H,47,48)/b31-26+. The van der Waals surface area contributed by atoms with Crippen LogP contribution in [-0.2, 0) is 4.79 Å². The van der Waals surface area contributed by atoms with E-state index in [-0.39, 0.29) is 0 Å². The molecule has 0 bridgehead atoms. The minimum Gasteiger partial charge on any atom is -0.481 e. The number of hydrogen-bond donors (Lipinski definition) is 1. The van der Waals surface area contributed by atoms with Crippen LogP contribution in [0.4, 0.5) is 0 Å². The molecule has 0 aromatic heterocycles. The summed E-state index contributed by atoms with van der Waals surface area (Å²) < 4.78 is 0.